The Kier molecular flexibility index (Phi) is 35.2. The first-order valence-electron chi connectivity index (χ1n) is 17.9. The minimum atomic E-state index is -0.711. The lowest BCUT2D eigenvalue weighted by Crippen LogP contribution is -2.33. The van der Waals surface area contributed by atoms with Gasteiger partial charge in [-0.25, -0.2) is 32.6 Å². The largest absolute Gasteiger partial charge is 0.447 e. The molecule has 3 N–H and O–H groups in total. The van der Waals surface area contributed by atoms with Crippen LogP contribution in [0.25, 0.3) is 0 Å². The number of amidine groups is 1. The van der Waals surface area contributed by atoms with Crippen LogP contribution >= 0.6 is 70.9 Å². The highest BCUT2D eigenvalue weighted by Gasteiger charge is 2.43. The molecule has 1 saturated heterocycles. The fraction of sp³-hybridized carbons (Fsp3) is 0.647. The molecule has 358 valence electrons. The summed E-state index contributed by atoms with van der Waals surface area (Å²) in [4.78, 5) is 91.2. The summed E-state index contributed by atoms with van der Waals surface area (Å²) in [5.41, 5.74) is 0.797. The zero-order chi connectivity index (χ0) is 49.3. The zero-order valence-electron chi connectivity index (χ0n) is 38.6. The van der Waals surface area contributed by atoms with Crippen LogP contribution in [0.4, 0.5) is 24.0 Å². The third kappa shape index (κ3) is 31.3. The van der Waals surface area contributed by atoms with Crippen LogP contribution in [0.2, 0.25) is 0 Å². The van der Waals surface area contributed by atoms with E-state index in [1.54, 1.807) is 53.4 Å². The summed E-state index contributed by atoms with van der Waals surface area (Å²) in [6.07, 6.45) is 2.85. The van der Waals surface area contributed by atoms with Gasteiger partial charge in [0.15, 0.2) is 0 Å². The van der Waals surface area contributed by atoms with E-state index in [-0.39, 0.29) is 11.3 Å². The van der Waals surface area contributed by atoms with E-state index in [9.17, 15) is 28.8 Å². The Morgan fingerprint density at radius 1 is 0.778 bits per heavy atom. The molecule has 0 saturated carbocycles. The van der Waals surface area contributed by atoms with E-state index in [1.807, 2.05) is 45.6 Å². The van der Waals surface area contributed by atoms with Gasteiger partial charge in [0.05, 0.1) is 28.7 Å². The number of nitrogens with one attached hydrogen (secondary N) is 3. The van der Waals surface area contributed by atoms with Crippen molar-refractivity contribution in [2.75, 3.05) is 72.6 Å². The first kappa shape index (κ1) is 63.1. The van der Waals surface area contributed by atoms with Crippen LogP contribution in [0.5, 0.6) is 0 Å². The standard InChI is InChI=1S/C10H18N4O4S3.C9H18N2O2S.C8H13N3O3S.C7H11N3O2S/c1-7(19-5)11-17-9(15)13(3)21-14(4)10(16)18-12-8(2)20-6;1-9(2,3)7(6-14-5)11-13-8(12)10-4;1-8(2)5(12)11(4)6(15-8)10-14-7(13)9-3;1-6(13-5-3-4-8)10-12-7(11)9-2/h1-6H3;6H2,1-5H3,(H,10,12);1-4H3,(H,9,13);3,5H2,1-2H3,(H,9,11)/b11-7-,12-8-;;2*10-6-. The van der Waals surface area contributed by atoms with Crippen LogP contribution < -0.4 is 16.0 Å². The van der Waals surface area contributed by atoms with Crippen molar-refractivity contribution in [3.05, 3.63) is 0 Å². The summed E-state index contributed by atoms with van der Waals surface area (Å²) in [5, 5.41) is 35.5. The number of nitriles is 1. The molecule has 1 rings (SSSR count). The van der Waals surface area contributed by atoms with Crippen molar-refractivity contribution in [3.8, 4) is 6.07 Å². The van der Waals surface area contributed by atoms with Crippen molar-refractivity contribution in [2.45, 2.75) is 66.6 Å². The van der Waals surface area contributed by atoms with Gasteiger partial charge in [0.2, 0.25) is 11.1 Å². The summed E-state index contributed by atoms with van der Waals surface area (Å²) in [6, 6.07) is 2.00. The molecule has 0 spiro atoms. The van der Waals surface area contributed by atoms with E-state index in [4.69, 9.17) is 5.26 Å². The second-order valence-electron chi connectivity index (χ2n) is 12.7. The van der Waals surface area contributed by atoms with E-state index >= 15 is 0 Å². The highest BCUT2D eigenvalue weighted by atomic mass is 32.2. The predicted molar refractivity (Wildman–Crippen MR) is 259 cm³/mol. The quantitative estimate of drug-likeness (QED) is 0.0464. The van der Waals surface area contributed by atoms with Gasteiger partial charge in [-0.05, 0) is 58.5 Å². The number of amides is 6. The average Bonchev–Trinajstić information content (AvgIpc) is 3.45. The minimum absolute atomic E-state index is 0.0632. The van der Waals surface area contributed by atoms with Crippen molar-refractivity contribution < 1.29 is 53.0 Å². The normalized spacial score (nSPS) is 14.1. The average molecular weight is 1010 g/mol. The summed E-state index contributed by atoms with van der Waals surface area (Å²) in [5.74, 6) is 1.36. The van der Waals surface area contributed by atoms with Crippen LogP contribution in [0.15, 0.2) is 25.8 Å². The van der Waals surface area contributed by atoms with Crippen LogP contribution in [-0.4, -0.2) is 153 Å². The molecule has 23 nitrogen and oxygen atoms in total. The highest BCUT2D eigenvalue weighted by Crippen LogP contribution is 2.35. The first-order chi connectivity index (χ1) is 29.3. The van der Waals surface area contributed by atoms with Crippen molar-refractivity contribution >= 4 is 133 Å². The Morgan fingerprint density at radius 2 is 1.21 bits per heavy atom. The van der Waals surface area contributed by atoms with Gasteiger partial charge in [-0.1, -0.05) is 53.2 Å². The molecular formula is C34H60N12O11S6. The molecule has 29 heteroatoms. The van der Waals surface area contributed by atoms with Crippen LogP contribution in [0.3, 0.4) is 0 Å². The Labute approximate surface area is 395 Å². The molecule has 0 atom stereocenters. The second-order valence-corrected chi connectivity index (χ2v) is 19.7. The molecule has 6 amide bonds. The van der Waals surface area contributed by atoms with Gasteiger partial charge in [-0.3, -0.25) is 33.9 Å². The van der Waals surface area contributed by atoms with Gasteiger partial charge in [0.25, 0.3) is 0 Å². The lowest BCUT2D eigenvalue weighted by molar-refractivity contribution is -0.127. The molecule has 1 fully saturated rings. The fourth-order valence-corrected chi connectivity index (χ4v) is 5.87. The number of carbonyl (C=O) groups excluding carboxylic acids is 6. The summed E-state index contributed by atoms with van der Waals surface area (Å²) < 4.78 is 1.65. The molecule has 0 aliphatic carbocycles. The van der Waals surface area contributed by atoms with Gasteiger partial charge in [0, 0.05) is 65.6 Å². The fourth-order valence-electron chi connectivity index (χ4n) is 2.76. The first-order valence-corrected chi connectivity index (χ1v) is 24.3. The third-order valence-electron chi connectivity index (χ3n) is 6.29. The molecule has 1 aliphatic heterocycles. The number of thioether (sulfide) groups is 5. The van der Waals surface area contributed by atoms with E-state index in [1.165, 1.54) is 87.2 Å². The highest BCUT2D eigenvalue weighted by molar-refractivity contribution is 8.16. The summed E-state index contributed by atoms with van der Waals surface area (Å²) in [6.45, 7) is 14.8. The summed E-state index contributed by atoms with van der Waals surface area (Å²) >= 11 is 7.80. The Morgan fingerprint density at radius 3 is 1.57 bits per heavy atom. The third-order valence-corrected chi connectivity index (χ3v) is 11.1. The van der Waals surface area contributed by atoms with Crippen molar-refractivity contribution in [2.24, 2.45) is 31.2 Å². The maximum absolute atomic E-state index is 11.6. The summed E-state index contributed by atoms with van der Waals surface area (Å²) in [7, 11) is 8.87. The van der Waals surface area contributed by atoms with Crippen LogP contribution in [0, 0.1) is 16.7 Å². The van der Waals surface area contributed by atoms with Crippen LogP contribution in [0.1, 0.15) is 61.8 Å². The topological polar surface area (TPSA) is 280 Å². The molecule has 0 aromatic rings. The molecule has 1 heterocycles. The maximum atomic E-state index is 11.6. The van der Waals surface area contributed by atoms with Gasteiger partial charge < -0.3 is 16.0 Å². The molecular weight excluding hydrogens is 945 g/mol. The SMILES string of the molecule is CNC(=O)O/N=C(/C)SCCC#N.CNC(=O)O/N=C1\SC(C)(C)C(=O)N1C.CNC(=O)ON=C(CSC)C(C)(C)C.CS/C(C)=N\OC(=O)N(C)SN(C)C(=O)O/N=C(/C)SC. The van der Waals surface area contributed by atoms with Gasteiger partial charge >= 0.3 is 30.5 Å². The number of hydrogen-bond donors (Lipinski definition) is 3. The zero-order valence-corrected chi connectivity index (χ0v) is 43.5. The number of hydrogen-bond acceptors (Lipinski definition) is 23. The van der Waals surface area contributed by atoms with Crippen LogP contribution in [-0.2, 0) is 29.0 Å². The second kappa shape index (κ2) is 35.2. The number of carbonyl (C=O) groups is 6. The molecule has 0 bridgehead atoms. The van der Waals surface area contributed by atoms with E-state index in [0.717, 1.165) is 32.2 Å². The van der Waals surface area contributed by atoms with E-state index in [0.29, 0.717) is 32.5 Å². The molecule has 63 heavy (non-hydrogen) atoms. The molecule has 0 aromatic carbocycles. The number of oxime groups is 5. The van der Waals surface area contributed by atoms with Gasteiger partial charge in [0.1, 0.15) is 15.1 Å². The Bertz CT molecular complexity index is 1650. The molecule has 1 aliphatic rings. The smallest absolute Gasteiger partial charge is 0.323 e. The maximum Gasteiger partial charge on any atom is 0.447 e. The van der Waals surface area contributed by atoms with Gasteiger partial charge in [-0.2, -0.15) is 17.0 Å². The molecule has 0 aromatic heterocycles. The monoisotopic (exact) mass is 1000 g/mol. The molecule has 0 radical (unpaired) electrons. The van der Waals surface area contributed by atoms with Crippen molar-refractivity contribution in [1.29, 1.82) is 5.26 Å². The molecule has 0 unspecified atom stereocenters. The van der Waals surface area contributed by atoms with Crippen molar-refractivity contribution in [3.63, 3.8) is 0 Å². The van der Waals surface area contributed by atoms with Gasteiger partial charge in [-0.15, -0.1) is 35.3 Å². The van der Waals surface area contributed by atoms with Crippen molar-refractivity contribution in [1.82, 2.24) is 29.5 Å². The minimum Gasteiger partial charge on any atom is -0.323 e. The Balaban J connectivity index is -0.000000776. The lowest BCUT2D eigenvalue weighted by atomic mass is 9.91. The lowest BCUT2D eigenvalue weighted by Gasteiger charge is -2.19. The Hall–Kier alpha value is -4.24. The number of rotatable bonds is 11. The van der Waals surface area contributed by atoms with E-state index in [2.05, 4.69) is 65.9 Å². The predicted octanol–water partition coefficient (Wildman–Crippen LogP) is 7.11. The van der Waals surface area contributed by atoms with E-state index < -0.39 is 35.2 Å². The number of nitrogens with zero attached hydrogens (tertiary/aromatic N) is 9.